The molecule has 0 spiro atoms. The zero-order valence-electron chi connectivity index (χ0n) is 12.0. The molecule has 1 N–H and O–H groups in total. The number of aryl methyl sites for hydroxylation is 1. The Balaban J connectivity index is 2.43. The molecule has 0 aliphatic rings. The second-order valence-corrected chi connectivity index (χ2v) is 4.48. The average molecular weight is 274 g/mol. The molecule has 0 saturated carbocycles. The van der Waals surface area contributed by atoms with Gasteiger partial charge in [-0.05, 0) is 38.5 Å². The molecule has 0 bridgehead atoms. The van der Waals surface area contributed by atoms with Crippen LogP contribution in [-0.4, -0.2) is 23.1 Å². The molecule has 4 nitrogen and oxygen atoms in total. The smallest absolute Gasteiger partial charge is 0.224 e. The van der Waals surface area contributed by atoms with Crippen LogP contribution in [0.1, 0.15) is 19.4 Å². The number of nitrogens with one attached hydrogen (secondary N) is 1. The molecule has 0 amide bonds. The molecule has 106 valence electrons. The number of aromatic nitrogens is 2. The SMILES string of the molecule is CCNc1ncc(F)c(N(CC)c2cccc(C)c2)n1. The molecule has 1 heterocycles. The Kier molecular flexibility index (Phi) is 4.50. The van der Waals surface area contributed by atoms with Gasteiger partial charge in [0, 0.05) is 18.8 Å². The second-order valence-electron chi connectivity index (χ2n) is 4.48. The lowest BCUT2D eigenvalue weighted by Crippen LogP contribution is -2.20. The number of rotatable bonds is 5. The summed E-state index contributed by atoms with van der Waals surface area (Å²) in [6.07, 6.45) is 1.21. The molecule has 1 aromatic heterocycles. The van der Waals surface area contributed by atoms with Gasteiger partial charge in [0.15, 0.2) is 11.6 Å². The van der Waals surface area contributed by atoms with Crippen molar-refractivity contribution in [3.05, 3.63) is 41.8 Å². The summed E-state index contributed by atoms with van der Waals surface area (Å²) in [5.41, 5.74) is 2.05. The number of halogens is 1. The first-order chi connectivity index (χ1) is 9.65. The molecule has 0 atom stereocenters. The summed E-state index contributed by atoms with van der Waals surface area (Å²) in [5.74, 6) is 0.314. The third kappa shape index (κ3) is 3.04. The molecule has 0 radical (unpaired) electrons. The fraction of sp³-hybridized carbons (Fsp3) is 0.333. The zero-order valence-corrected chi connectivity index (χ0v) is 12.0. The molecule has 1 aromatic carbocycles. The number of nitrogens with zero attached hydrogens (tertiary/aromatic N) is 3. The van der Waals surface area contributed by atoms with Crippen LogP contribution >= 0.6 is 0 Å². The molecular formula is C15H19FN4. The Bertz CT molecular complexity index is 586. The van der Waals surface area contributed by atoms with Gasteiger partial charge >= 0.3 is 0 Å². The Hall–Kier alpha value is -2.17. The van der Waals surface area contributed by atoms with Crippen molar-refractivity contribution >= 4 is 17.5 Å². The van der Waals surface area contributed by atoms with Crippen LogP contribution in [0.3, 0.4) is 0 Å². The van der Waals surface area contributed by atoms with Crippen LogP contribution in [0.2, 0.25) is 0 Å². The highest BCUT2D eigenvalue weighted by Gasteiger charge is 2.15. The molecule has 20 heavy (non-hydrogen) atoms. The largest absolute Gasteiger partial charge is 0.354 e. The van der Waals surface area contributed by atoms with E-state index in [1.54, 1.807) is 0 Å². The molecule has 0 fully saturated rings. The molecular weight excluding hydrogens is 255 g/mol. The van der Waals surface area contributed by atoms with Gasteiger partial charge in [0.1, 0.15) is 0 Å². The van der Waals surface area contributed by atoms with E-state index in [0.717, 1.165) is 11.3 Å². The van der Waals surface area contributed by atoms with Crippen LogP contribution in [0, 0.1) is 12.7 Å². The van der Waals surface area contributed by atoms with Gasteiger partial charge in [0.05, 0.1) is 6.20 Å². The molecule has 0 unspecified atom stereocenters. The van der Waals surface area contributed by atoms with Crippen LogP contribution in [0.25, 0.3) is 0 Å². The normalized spacial score (nSPS) is 10.4. The molecule has 0 saturated heterocycles. The highest BCUT2D eigenvalue weighted by molar-refractivity contribution is 5.61. The van der Waals surface area contributed by atoms with Crippen LogP contribution in [0.15, 0.2) is 30.5 Å². The Morgan fingerprint density at radius 1 is 1.30 bits per heavy atom. The van der Waals surface area contributed by atoms with Crippen molar-refractivity contribution in [2.75, 3.05) is 23.3 Å². The number of benzene rings is 1. The molecule has 0 aliphatic heterocycles. The third-order valence-corrected chi connectivity index (χ3v) is 2.95. The maximum atomic E-state index is 14.0. The lowest BCUT2D eigenvalue weighted by molar-refractivity contribution is 0.611. The van der Waals surface area contributed by atoms with E-state index in [0.29, 0.717) is 24.9 Å². The van der Waals surface area contributed by atoms with E-state index in [1.807, 2.05) is 49.9 Å². The average Bonchev–Trinajstić information content (AvgIpc) is 2.43. The monoisotopic (exact) mass is 274 g/mol. The third-order valence-electron chi connectivity index (χ3n) is 2.95. The quantitative estimate of drug-likeness (QED) is 0.905. The minimum absolute atomic E-state index is 0.295. The maximum Gasteiger partial charge on any atom is 0.224 e. The first-order valence-electron chi connectivity index (χ1n) is 6.76. The van der Waals surface area contributed by atoms with Gasteiger partial charge in [-0.1, -0.05) is 12.1 Å². The maximum absolute atomic E-state index is 14.0. The lowest BCUT2D eigenvalue weighted by Gasteiger charge is -2.23. The van der Waals surface area contributed by atoms with E-state index in [1.165, 1.54) is 6.20 Å². The van der Waals surface area contributed by atoms with Crippen LogP contribution in [0.4, 0.5) is 21.8 Å². The summed E-state index contributed by atoms with van der Waals surface area (Å²) >= 11 is 0. The number of hydrogen-bond donors (Lipinski definition) is 1. The van der Waals surface area contributed by atoms with Crippen molar-refractivity contribution in [1.82, 2.24) is 9.97 Å². The predicted molar refractivity (Wildman–Crippen MR) is 80.0 cm³/mol. The van der Waals surface area contributed by atoms with Crippen molar-refractivity contribution in [2.24, 2.45) is 0 Å². The fourth-order valence-electron chi connectivity index (χ4n) is 2.04. The highest BCUT2D eigenvalue weighted by Crippen LogP contribution is 2.26. The lowest BCUT2D eigenvalue weighted by atomic mass is 10.2. The van der Waals surface area contributed by atoms with Crippen molar-refractivity contribution in [2.45, 2.75) is 20.8 Å². The van der Waals surface area contributed by atoms with Crippen molar-refractivity contribution in [3.8, 4) is 0 Å². The number of anilines is 3. The predicted octanol–water partition coefficient (Wildman–Crippen LogP) is 3.51. The van der Waals surface area contributed by atoms with Gasteiger partial charge in [0.25, 0.3) is 0 Å². The van der Waals surface area contributed by atoms with Gasteiger partial charge in [-0.2, -0.15) is 4.98 Å². The van der Waals surface area contributed by atoms with Gasteiger partial charge < -0.3 is 10.2 Å². The first kappa shape index (κ1) is 14.2. The van der Waals surface area contributed by atoms with Crippen LogP contribution in [-0.2, 0) is 0 Å². The molecule has 2 aromatic rings. The van der Waals surface area contributed by atoms with E-state index in [4.69, 9.17) is 0 Å². The Morgan fingerprint density at radius 2 is 2.10 bits per heavy atom. The number of hydrogen-bond acceptors (Lipinski definition) is 4. The van der Waals surface area contributed by atoms with E-state index in [-0.39, 0.29) is 0 Å². The minimum atomic E-state index is -0.421. The van der Waals surface area contributed by atoms with Gasteiger partial charge in [-0.15, -0.1) is 0 Å². The van der Waals surface area contributed by atoms with Crippen molar-refractivity contribution in [1.29, 1.82) is 0 Å². The Morgan fingerprint density at radius 3 is 2.75 bits per heavy atom. The highest BCUT2D eigenvalue weighted by atomic mass is 19.1. The summed E-state index contributed by atoms with van der Waals surface area (Å²) in [4.78, 5) is 10.0. The standard InChI is InChI=1S/C15H19FN4/c1-4-17-15-18-10-13(16)14(19-15)20(5-2)12-8-6-7-11(3)9-12/h6-10H,4-5H2,1-3H3,(H,17,18,19). The summed E-state index contributed by atoms with van der Waals surface area (Å²) < 4.78 is 14.0. The van der Waals surface area contributed by atoms with E-state index < -0.39 is 5.82 Å². The first-order valence-corrected chi connectivity index (χ1v) is 6.76. The van der Waals surface area contributed by atoms with Gasteiger partial charge in [0.2, 0.25) is 5.95 Å². The Labute approximate surface area is 118 Å². The summed E-state index contributed by atoms with van der Waals surface area (Å²) in [6, 6.07) is 7.93. The van der Waals surface area contributed by atoms with Crippen LogP contribution in [0.5, 0.6) is 0 Å². The summed E-state index contributed by atoms with van der Waals surface area (Å²) in [6.45, 7) is 7.25. The van der Waals surface area contributed by atoms with Gasteiger partial charge in [-0.3, -0.25) is 0 Å². The fourth-order valence-corrected chi connectivity index (χ4v) is 2.04. The van der Waals surface area contributed by atoms with E-state index in [9.17, 15) is 4.39 Å². The zero-order chi connectivity index (χ0) is 14.5. The second kappa shape index (κ2) is 6.32. The van der Waals surface area contributed by atoms with Gasteiger partial charge in [-0.25, -0.2) is 9.37 Å². The van der Waals surface area contributed by atoms with Crippen LogP contribution < -0.4 is 10.2 Å². The minimum Gasteiger partial charge on any atom is -0.354 e. The summed E-state index contributed by atoms with van der Waals surface area (Å²) in [7, 11) is 0. The topological polar surface area (TPSA) is 41.1 Å². The molecule has 0 aliphatic carbocycles. The van der Waals surface area contributed by atoms with Crippen molar-refractivity contribution in [3.63, 3.8) is 0 Å². The molecule has 5 heteroatoms. The summed E-state index contributed by atoms with van der Waals surface area (Å²) in [5, 5.41) is 3.00. The van der Waals surface area contributed by atoms with E-state index >= 15 is 0 Å². The van der Waals surface area contributed by atoms with E-state index in [2.05, 4.69) is 15.3 Å². The van der Waals surface area contributed by atoms with Crippen molar-refractivity contribution < 1.29 is 4.39 Å². The molecule has 2 rings (SSSR count).